The van der Waals surface area contributed by atoms with Crippen molar-refractivity contribution in [1.82, 2.24) is 0 Å². The lowest BCUT2D eigenvalue weighted by atomic mass is 10.2. The van der Waals surface area contributed by atoms with Crippen LogP contribution in [0, 0.1) is 0 Å². The number of nitrogens with zero attached hydrogens (tertiary/aromatic N) is 1. The van der Waals surface area contributed by atoms with E-state index in [9.17, 15) is 0 Å². The molecule has 2 rings (SSSR count). The van der Waals surface area contributed by atoms with Crippen LogP contribution in [0.5, 0.6) is 0 Å². The predicted octanol–water partition coefficient (Wildman–Crippen LogP) is 4.59. The zero-order valence-corrected chi connectivity index (χ0v) is 10.9. The van der Waals surface area contributed by atoms with Gasteiger partial charge < -0.3 is 10.6 Å². The molecule has 0 aliphatic heterocycles. The summed E-state index contributed by atoms with van der Waals surface area (Å²) in [6.07, 6.45) is 3.94. The number of allylic oxidation sites excluding steroid dienone is 1. The third-order valence-corrected chi connectivity index (χ3v) is 2.95. The largest absolute Gasteiger partial charge is 0.396 e. The van der Waals surface area contributed by atoms with Crippen molar-refractivity contribution >= 4 is 28.7 Å². The van der Waals surface area contributed by atoms with Gasteiger partial charge in [-0.15, -0.1) is 0 Å². The van der Waals surface area contributed by atoms with Crippen molar-refractivity contribution in [3.05, 3.63) is 65.8 Å². The number of halogens is 1. The molecule has 0 heterocycles. The molecule has 0 unspecified atom stereocenters. The topological polar surface area (TPSA) is 29.3 Å². The molecular formula is C15H15ClN2. The van der Waals surface area contributed by atoms with Crippen LogP contribution in [0.25, 0.3) is 0 Å². The molecule has 92 valence electrons. The molecule has 0 atom stereocenters. The average Bonchev–Trinajstić information content (AvgIpc) is 2.41. The fourth-order valence-corrected chi connectivity index (χ4v) is 1.95. The van der Waals surface area contributed by atoms with Crippen molar-refractivity contribution in [3.8, 4) is 0 Å². The first-order valence-corrected chi connectivity index (χ1v) is 6.13. The van der Waals surface area contributed by atoms with E-state index in [-0.39, 0.29) is 0 Å². The number of nitrogens with two attached hydrogens (primary N) is 1. The quantitative estimate of drug-likeness (QED) is 0.816. The standard InChI is InChI=1S/C15H15ClN2/c1-2-11-18(12-7-4-3-5-8-12)14-10-6-9-13(16)15(14)17/h2-11H,17H2,1H3. The van der Waals surface area contributed by atoms with Crippen LogP contribution in [0.15, 0.2) is 60.8 Å². The molecule has 0 saturated heterocycles. The minimum atomic E-state index is 0.568. The molecule has 18 heavy (non-hydrogen) atoms. The van der Waals surface area contributed by atoms with E-state index in [2.05, 4.69) is 0 Å². The van der Waals surface area contributed by atoms with Gasteiger partial charge in [0.1, 0.15) is 0 Å². The smallest absolute Gasteiger partial charge is 0.0748 e. The Balaban J connectivity index is 2.52. The Kier molecular flexibility index (Phi) is 3.90. The Bertz CT molecular complexity index is 550. The third-order valence-electron chi connectivity index (χ3n) is 2.62. The van der Waals surface area contributed by atoms with Gasteiger partial charge in [-0.3, -0.25) is 0 Å². The number of hydrogen-bond acceptors (Lipinski definition) is 2. The molecule has 2 N–H and O–H groups in total. The van der Waals surface area contributed by atoms with Crippen LogP contribution in [-0.4, -0.2) is 0 Å². The van der Waals surface area contributed by atoms with Crippen LogP contribution in [0.1, 0.15) is 6.92 Å². The van der Waals surface area contributed by atoms with E-state index < -0.39 is 0 Å². The monoisotopic (exact) mass is 258 g/mol. The normalized spacial score (nSPS) is 10.8. The van der Waals surface area contributed by atoms with Crippen LogP contribution in [0.3, 0.4) is 0 Å². The van der Waals surface area contributed by atoms with Crippen LogP contribution in [-0.2, 0) is 0 Å². The van der Waals surface area contributed by atoms with Crippen LogP contribution < -0.4 is 10.6 Å². The average molecular weight is 259 g/mol. The Morgan fingerprint density at radius 1 is 1.06 bits per heavy atom. The highest BCUT2D eigenvalue weighted by atomic mass is 35.5. The maximum atomic E-state index is 6.07. The number of nitrogen functional groups attached to an aromatic ring is 1. The summed E-state index contributed by atoms with van der Waals surface area (Å²) < 4.78 is 0. The predicted molar refractivity (Wildman–Crippen MR) is 79.3 cm³/mol. The summed E-state index contributed by atoms with van der Waals surface area (Å²) in [5.41, 5.74) is 8.56. The lowest BCUT2D eigenvalue weighted by molar-refractivity contribution is 1.28. The molecule has 0 radical (unpaired) electrons. The van der Waals surface area contributed by atoms with Gasteiger partial charge in [-0.1, -0.05) is 41.9 Å². The molecule has 0 spiro atoms. The van der Waals surface area contributed by atoms with Gasteiger partial charge in [0.15, 0.2) is 0 Å². The lowest BCUT2D eigenvalue weighted by Crippen LogP contribution is -2.10. The first-order chi connectivity index (χ1) is 8.74. The second kappa shape index (κ2) is 5.61. The van der Waals surface area contributed by atoms with E-state index >= 15 is 0 Å². The van der Waals surface area contributed by atoms with Gasteiger partial charge in [-0.2, -0.15) is 0 Å². The summed E-state index contributed by atoms with van der Waals surface area (Å²) in [7, 11) is 0. The highest BCUT2D eigenvalue weighted by molar-refractivity contribution is 6.33. The summed E-state index contributed by atoms with van der Waals surface area (Å²) >= 11 is 6.07. The molecule has 0 aliphatic rings. The van der Waals surface area contributed by atoms with Crippen LogP contribution >= 0.6 is 11.6 Å². The van der Waals surface area contributed by atoms with E-state index in [0.29, 0.717) is 10.7 Å². The highest BCUT2D eigenvalue weighted by Gasteiger charge is 2.10. The second-order valence-corrected chi connectivity index (χ2v) is 4.27. The first kappa shape index (κ1) is 12.5. The van der Waals surface area contributed by atoms with Crippen LogP contribution in [0.2, 0.25) is 5.02 Å². The zero-order chi connectivity index (χ0) is 13.0. The SMILES string of the molecule is CC=CN(c1ccccc1)c1cccc(Cl)c1N. The maximum Gasteiger partial charge on any atom is 0.0748 e. The number of rotatable bonds is 3. The summed E-state index contributed by atoms with van der Waals surface area (Å²) in [6, 6.07) is 15.7. The molecule has 0 fully saturated rings. The Morgan fingerprint density at radius 3 is 2.44 bits per heavy atom. The maximum absolute atomic E-state index is 6.07. The second-order valence-electron chi connectivity index (χ2n) is 3.86. The molecule has 2 aromatic rings. The minimum absolute atomic E-state index is 0.568. The van der Waals surface area contributed by atoms with E-state index in [1.165, 1.54) is 0 Å². The van der Waals surface area contributed by atoms with Crippen molar-refractivity contribution < 1.29 is 0 Å². The summed E-state index contributed by atoms with van der Waals surface area (Å²) in [5.74, 6) is 0. The van der Waals surface area contributed by atoms with Gasteiger partial charge >= 0.3 is 0 Å². The minimum Gasteiger partial charge on any atom is -0.396 e. The van der Waals surface area contributed by atoms with Crippen molar-refractivity contribution in [2.75, 3.05) is 10.6 Å². The number of anilines is 3. The summed E-state index contributed by atoms with van der Waals surface area (Å²) in [6.45, 7) is 1.97. The van der Waals surface area contributed by atoms with Gasteiger partial charge in [0, 0.05) is 11.9 Å². The molecule has 2 nitrogen and oxygen atoms in total. The molecule has 0 bridgehead atoms. The van der Waals surface area contributed by atoms with Crippen LogP contribution in [0.4, 0.5) is 17.1 Å². The Labute approximate surface area is 112 Å². The van der Waals surface area contributed by atoms with E-state index in [0.717, 1.165) is 11.4 Å². The van der Waals surface area contributed by atoms with E-state index in [1.807, 2.05) is 66.6 Å². The van der Waals surface area contributed by atoms with Gasteiger partial charge in [-0.05, 0) is 31.2 Å². The van der Waals surface area contributed by atoms with Gasteiger partial charge in [-0.25, -0.2) is 0 Å². The van der Waals surface area contributed by atoms with Gasteiger partial charge in [0.25, 0.3) is 0 Å². The van der Waals surface area contributed by atoms with Crippen molar-refractivity contribution in [1.29, 1.82) is 0 Å². The molecule has 0 aliphatic carbocycles. The zero-order valence-electron chi connectivity index (χ0n) is 10.2. The Morgan fingerprint density at radius 2 is 1.78 bits per heavy atom. The first-order valence-electron chi connectivity index (χ1n) is 5.75. The molecule has 3 heteroatoms. The highest BCUT2D eigenvalue weighted by Crippen LogP contribution is 2.34. The molecule has 0 amide bonds. The van der Waals surface area contributed by atoms with Crippen molar-refractivity contribution in [3.63, 3.8) is 0 Å². The Hall–Kier alpha value is -1.93. The molecule has 0 saturated carbocycles. The fraction of sp³-hybridized carbons (Fsp3) is 0.0667. The number of hydrogen-bond donors (Lipinski definition) is 1. The van der Waals surface area contributed by atoms with Crippen molar-refractivity contribution in [2.45, 2.75) is 6.92 Å². The van der Waals surface area contributed by atoms with Crippen molar-refractivity contribution in [2.24, 2.45) is 0 Å². The van der Waals surface area contributed by atoms with E-state index in [4.69, 9.17) is 17.3 Å². The molecule has 0 aromatic heterocycles. The lowest BCUT2D eigenvalue weighted by Gasteiger charge is -2.22. The van der Waals surface area contributed by atoms with Gasteiger partial charge in [0.05, 0.1) is 16.4 Å². The third kappa shape index (κ3) is 2.49. The molecule has 2 aromatic carbocycles. The van der Waals surface area contributed by atoms with E-state index in [1.54, 1.807) is 6.07 Å². The molecular weight excluding hydrogens is 244 g/mol. The fourth-order valence-electron chi connectivity index (χ4n) is 1.78. The summed E-state index contributed by atoms with van der Waals surface area (Å²) in [5, 5.41) is 0.568. The summed E-state index contributed by atoms with van der Waals surface area (Å²) in [4.78, 5) is 2.02. The number of benzene rings is 2. The number of para-hydroxylation sites is 2. The van der Waals surface area contributed by atoms with Gasteiger partial charge in [0.2, 0.25) is 0 Å².